The first-order valence-electron chi connectivity index (χ1n) is 6.75. The summed E-state index contributed by atoms with van der Waals surface area (Å²) in [7, 11) is 2.07. The minimum Gasteiger partial charge on any atom is -0.370 e. The van der Waals surface area contributed by atoms with Crippen LogP contribution in [0.25, 0.3) is 0 Å². The number of hydrogen-bond donors (Lipinski definition) is 1. The molecule has 1 saturated carbocycles. The topological polar surface area (TPSA) is 41.6 Å². The lowest BCUT2D eigenvalue weighted by molar-refractivity contribution is 0.336. The van der Waals surface area contributed by atoms with Crippen LogP contribution in [0.2, 0.25) is 0 Å². The van der Waals surface area contributed by atoms with Crippen molar-refractivity contribution in [3.63, 3.8) is 0 Å². The van der Waals surface area contributed by atoms with Crippen molar-refractivity contribution in [3.05, 3.63) is 0 Å². The Labute approximate surface area is 100 Å². The minimum absolute atomic E-state index is 0.477. The second kappa shape index (κ2) is 6.77. The Hall–Kier alpha value is -0.730. The fourth-order valence-electron chi connectivity index (χ4n) is 2.51. The summed E-state index contributed by atoms with van der Waals surface area (Å²) in [5.41, 5.74) is 6.08. The van der Waals surface area contributed by atoms with E-state index in [0.717, 1.165) is 18.8 Å². The lowest BCUT2D eigenvalue weighted by Crippen LogP contribution is -2.42. The van der Waals surface area contributed by atoms with Crippen LogP contribution in [0.3, 0.4) is 0 Å². The third-order valence-electron chi connectivity index (χ3n) is 3.74. The third kappa shape index (κ3) is 3.69. The van der Waals surface area contributed by atoms with Crippen molar-refractivity contribution in [1.82, 2.24) is 4.90 Å². The molecule has 0 heterocycles. The summed E-state index contributed by atoms with van der Waals surface area (Å²) in [5.74, 6) is 0.737. The fourth-order valence-corrected chi connectivity index (χ4v) is 2.51. The predicted octanol–water partition coefficient (Wildman–Crippen LogP) is 2.75. The molecular weight excluding hydrogens is 198 g/mol. The monoisotopic (exact) mass is 225 g/mol. The van der Waals surface area contributed by atoms with E-state index in [0.29, 0.717) is 12.1 Å². The van der Waals surface area contributed by atoms with E-state index in [1.54, 1.807) is 0 Å². The normalized spacial score (nSPS) is 19.1. The number of nitrogens with two attached hydrogens (primary N) is 1. The smallest absolute Gasteiger partial charge is 0.191 e. The number of nitrogens with zero attached hydrogens (tertiary/aromatic N) is 2. The summed E-state index contributed by atoms with van der Waals surface area (Å²) in [6.07, 6.45) is 8.71. The molecule has 0 amide bonds. The Morgan fingerprint density at radius 2 is 1.81 bits per heavy atom. The molecule has 0 aromatic heterocycles. The molecule has 0 aliphatic heterocycles. The molecule has 0 spiro atoms. The maximum atomic E-state index is 6.08. The number of guanidine groups is 1. The molecule has 2 N–H and O–H groups in total. The van der Waals surface area contributed by atoms with Gasteiger partial charge in [0.15, 0.2) is 5.96 Å². The lowest BCUT2D eigenvalue weighted by Gasteiger charge is -2.28. The van der Waals surface area contributed by atoms with Gasteiger partial charge >= 0.3 is 0 Å². The number of aliphatic imine (C=N–C) groups is 1. The molecule has 1 rings (SSSR count). The van der Waals surface area contributed by atoms with Crippen LogP contribution in [-0.4, -0.2) is 30.0 Å². The lowest BCUT2D eigenvalue weighted by atomic mass is 9.96. The Balaban J connectivity index is 2.53. The Kier molecular flexibility index (Phi) is 5.64. The Morgan fingerprint density at radius 1 is 1.25 bits per heavy atom. The molecule has 3 nitrogen and oxygen atoms in total. The molecule has 0 saturated heterocycles. The molecule has 0 radical (unpaired) electrons. The average Bonchev–Trinajstić information content (AvgIpc) is 2.31. The first-order valence-corrected chi connectivity index (χ1v) is 6.75. The van der Waals surface area contributed by atoms with Crippen LogP contribution in [0.4, 0.5) is 0 Å². The van der Waals surface area contributed by atoms with E-state index in [1.807, 2.05) is 0 Å². The predicted molar refractivity (Wildman–Crippen MR) is 70.6 cm³/mol. The fraction of sp³-hybridized carbons (Fsp3) is 0.923. The molecule has 0 bridgehead atoms. The zero-order chi connectivity index (χ0) is 12.0. The molecule has 1 fully saturated rings. The van der Waals surface area contributed by atoms with E-state index >= 15 is 0 Å². The molecule has 3 heteroatoms. The van der Waals surface area contributed by atoms with Crippen molar-refractivity contribution in [2.24, 2.45) is 10.7 Å². The molecule has 94 valence electrons. The largest absolute Gasteiger partial charge is 0.370 e. The van der Waals surface area contributed by atoms with Crippen LogP contribution in [0, 0.1) is 0 Å². The summed E-state index contributed by atoms with van der Waals surface area (Å²) < 4.78 is 0. The summed E-state index contributed by atoms with van der Waals surface area (Å²) in [6.45, 7) is 4.41. The quantitative estimate of drug-likeness (QED) is 0.590. The molecule has 0 unspecified atom stereocenters. The molecule has 0 aromatic rings. The van der Waals surface area contributed by atoms with E-state index in [-0.39, 0.29) is 0 Å². The average molecular weight is 225 g/mol. The van der Waals surface area contributed by atoms with Crippen LogP contribution in [0.1, 0.15) is 58.8 Å². The van der Waals surface area contributed by atoms with Crippen LogP contribution < -0.4 is 5.73 Å². The van der Waals surface area contributed by atoms with E-state index in [9.17, 15) is 0 Å². The maximum absolute atomic E-state index is 6.08. The van der Waals surface area contributed by atoms with Crippen LogP contribution in [0.5, 0.6) is 0 Å². The second-order valence-electron chi connectivity index (χ2n) is 4.86. The second-order valence-corrected chi connectivity index (χ2v) is 4.86. The van der Waals surface area contributed by atoms with Gasteiger partial charge in [-0.15, -0.1) is 0 Å². The van der Waals surface area contributed by atoms with Gasteiger partial charge in [-0.05, 0) is 25.7 Å². The van der Waals surface area contributed by atoms with Gasteiger partial charge in [0, 0.05) is 13.1 Å². The zero-order valence-corrected chi connectivity index (χ0v) is 11.1. The van der Waals surface area contributed by atoms with Crippen LogP contribution in [0.15, 0.2) is 4.99 Å². The minimum atomic E-state index is 0.477. The third-order valence-corrected chi connectivity index (χ3v) is 3.74. The van der Waals surface area contributed by atoms with Gasteiger partial charge in [-0.25, -0.2) is 4.99 Å². The SMILES string of the molecule is CCC(CC)N(C)C(N)=NC1CCCCC1. The molecule has 1 aliphatic carbocycles. The first-order chi connectivity index (χ1) is 7.69. The van der Waals surface area contributed by atoms with Crippen molar-refractivity contribution in [2.45, 2.75) is 70.9 Å². The van der Waals surface area contributed by atoms with Gasteiger partial charge in [-0.2, -0.15) is 0 Å². The van der Waals surface area contributed by atoms with Gasteiger partial charge in [0.2, 0.25) is 0 Å². The van der Waals surface area contributed by atoms with Crippen LogP contribution in [-0.2, 0) is 0 Å². The van der Waals surface area contributed by atoms with E-state index in [1.165, 1.54) is 32.1 Å². The molecular formula is C13H27N3. The van der Waals surface area contributed by atoms with Crippen molar-refractivity contribution < 1.29 is 0 Å². The molecule has 0 atom stereocenters. The van der Waals surface area contributed by atoms with E-state index in [2.05, 4.69) is 30.8 Å². The highest BCUT2D eigenvalue weighted by atomic mass is 15.3. The first kappa shape index (κ1) is 13.3. The van der Waals surface area contributed by atoms with E-state index in [4.69, 9.17) is 5.73 Å². The number of rotatable bonds is 4. The van der Waals surface area contributed by atoms with Gasteiger partial charge in [-0.1, -0.05) is 33.1 Å². The summed E-state index contributed by atoms with van der Waals surface area (Å²) in [6, 6.07) is 1.01. The van der Waals surface area contributed by atoms with Gasteiger partial charge in [0.05, 0.1) is 6.04 Å². The van der Waals surface area contributed by atoms with Crippen LogP contribution >= 0.6 is 0 Å². The highest BCUT2D eigenvalue weighted by Crippen LogP contribution is 2.20. The molecule has 16 heavy (non-hydrogen) atoms. The van der Waals surface area contributed by atoms with Gasteiger partial charge in [0.1, 0.15) is 0 Å². The summed E-state index contributed by atoms with van der Waals surface area (Å²) in [5, 5.41) is 0. The summed E-state index contributed by atoms with van der Waals surface area (Å²) in [4.78, 5) is 6.82. The standard InChI is InChI=1S/C13H27N3/c1-4-12(5-2)16(3)13(14)15-11-9-7-6-8-10-11/h11-12H,4-10H2,1-3H3,(H2,14,15). The molecule has 0 aromatic carbocycles. The van der Waals surface area contributed by atoms with Crippen molar-refractivity contribution in [3.8, 4) is 0 Å². The maximum Gasteiger partial charge on any atom is 0.191 e. The van der Waals surface area contributed by atoms with Gasteiger partial charge < -0.3 is 10.6 Å². The van der Waals surface area contributed by atoms with Crippen molar-refractivity contribution in [2.75, 3.05) is 7.05 Å². The molecule has 1 aliphatic rings. The Morgan fingerprint density at radius 3 is 2.31 bits per heavy atom. The number of hydrogen-bond acceptors (Lipinski definition) is 1. The highest BCUT2D eigenvalue weighted by Gasteiger charge is 2.16. The zero-order valence-electron chi connectivity index (χ0n) is 11.1. The summed E-state index contributed by atoms with van der Waals surface area (Å²) >= 11 is 0. The van der Waals surface area contributed by atoms with Crippen molar-refractivity contribution in [1.29, 1.82) is 0 Å². The van der Waals surface area contributed by atoms with Crippen molar-refractivity contribution >= 4 is 5.96 Å². The highest BCUT2D eigenvalue weighted by molar-refractivity contribution is 5.78. The van der Waals surface area contributed by atoms with Gasteiger partial charge in [-0.3, -0.25) is 0 Å². The van der Waals surface area contributed by atoms with Gasteiger partial charge in [0.25, 0.3) is 0 Å². The van der Waals surface area contributed by atoms with E-state index < -0.39 is 0 Å². The Bertz CT molecular complexity index is 215.